The lowest BCUT2D eigenvalue weighted by Gasteiger charge is -2.08. The Morgan fingerprint density at radius 1 is 0.917 bits per heavy atom. The minimum absolute atomic E-state index is 0.0294. The third-order valence-corrected chi connectivity index (χ3v) is 3.21. The van der Waals surface area contributed by atoms with Crippen LogP contribution in [-0.4, -0.2) is 30.3 Å². The summed E-state index contributed by atoms with van der Waals surface area (Å²) in [6, 6.07) is 15.1. The summed E-state index contributed by atoms with van der Waals surface area (Å²) in [6.45, 7) is 1.24. The molecule has 2 aromatic carbocycles. The Morgan fingerprint density at radius 2 is 1.42 bits per heavy atom. The molecular formula is C18H20N2O4. The lowest BCUT2D eigenvalue weighted by Crippen LogP contribution is -2.15. The Balaban J connectivity index is 1.91. The van der Waals surface area contributed by atoms with Gasteiger partial charge >= 0.3 is 6.09 Å². The molecule has 0 spiro atoms. The first kappa shape index (κ1) is 17.5. The molecule has 24 heavy (non-hydrogen) atoms. The van der Waals surface area contributed by atoms with Crippen LogP contribution in [0.15, 0.2) is 48.5 Å². The van der Waals surface area contributed by atoms with Crippen molar-refractivity contribution in [2.45, 2.75) is 13.3 Å². The Bertz CT molecular complexity index is 681. The number of ether oxygens (including phenoxy) is 1. The van der Waals surface area contributed by atoms with E-state index in [1.807, 2.05) is 36.4 Å². The van der Waals surface area contributed by atoms with E-state index < -0.39 is 6.09 Å². The molecule has 0 saturated carbocycles. The van der Waals surface area contributed by atoms with E-state index in [1.54, 1.807) is 12.1 Å². The van der Waals surface area contributed by atoms with Gasteiger partial charge in [0.15, 0.2) is 0 Å². The van der Waals surface area contributed by atoms with Crippen molar-refractivity contribution >= 4 is 23.4 Å². The van der Waals surface area contributed by atoms with Crippen molar-refractivity contribution in [3.8, 4) is 0 Å². The number of aliphatic hydroxyl groups is 1. The summed E-state index contributed by atoms with van der Waals surface area (Å²) in [5.74, 6) is -0.0941. The maximum absolute atomic E-state index is 11.4. The van der Waals surface area contributed by atoms with Gasteiger partial charge < -0.3 is 15.2 Å². The van der Waals surface area contributed by atoms with Crippen molar-refractivity contribution in [3.05, 3.63) is 59.7 Å². The molecule has 0 aromatic heterocycles. The lowest BCUT2D eigenvalue weighted by molar-refractivity contribution is -0.114. The molecular weight excluding hydrogens is 308 g/mol. The summed E-state index contributed by atoms with van der Waals surface area (Å²) in [4.78, 5) is 22.4. The molecule has 2 rings (SSSR count). The molecule has 0 atom stereocenters. The van der Waals surface area contributed by atoms with Crippen molar-refractivity contribution in [3.63, 3.8) is 0 Å². The molecule has 0 fully saturated rings. The van der Waals surface area contributed by atoms with Crippen LogP contribution in [0.3, 0.4) is 0 Å². The van der Waals surface area contributed by atoms with E-state index in [0.29, 0.717) is 5.69 Å². The maximum Gasteiger partial charge on any atom is 0.411 e. The highest BCUT2D eigenvalue weighted by molar-refractivity contribution is 5.88. The van der Waals surface area contributed by atoms with Crippen molar-refractivity contribution in [1.29, 1.82) is 0 Å². The van der Waals surface area contributed by atoms with Crippen LogP contribution in [-0.2, 0) is 16.0 Å². The van der Waals surface area contributed by atoms with Crippen LogP contribution in [0, 0.1) is 0 Å². The van der Waals surface area contributed by atoms with E-state index in [1.165, 1.54) is 6.92 Å². The van der Waals surface area contributed by atoms with Gasteiger partial charge in [0.2, 0.25) is 5.91 Å². The van der Waals surface area contributed by atoms with Gasteiger partial charge in [-0.25, -0.2) is 4.79 Å². The summed E-state index contributed by atoms with van der Waals surface area (Å²) in [5, 5.41) is 13.9. The molecule has 3 N–H and O–H groups in total. The lowest BCUT2D eigenvalue weighted by atomic mass is 10.0. The fourth-order valence-electron chi connectivity index (χ4n) is 2.14. The van der Waals surface area contributed by atoms with Crippen LogP contribution in [0.5, 0.6) is 0 Å². The molecule has 0 aliphatic rings. The zero-order valence-electron chi connectivity index (χ0n) is 13.4. The first-order valence-corrected chi connectivity index (χ1v) is 7.57. The summed E-state index contributed by atoms with van der Waals surface area (Å²) in [5.41, 5.74) is 3.61. The van der Waals surface area contributed by atoms with Gasteiger partial charge in [-0.3, -0.25) is 10.1 Å². The number of anilines is 2. The molecule has 6 nitrogen and oxygen atoms in total. The van der Waals surface area contributed by atoms with Crippen LogP contribution < -0.4 is 10.6 Å². The van der Waals surface area contributed by atoms with Crippen LogP contribution in [0.4, 0.5) is 16.2 Å². The van der Waals surface area contributed by atoms with Gasteiger partial charge in [-0.05, 0) is 41.8 Å². The Kier molecular flexibility index (Phi) is 6.33. The second-order valence-electron chi connectivity index (χ2n) is 5.24. The van der Waals surface area contributed by atoms with Gasteiger partial charge in [-0.1, -0.05) is 24.3 Å². The molecule has 0 radical (unpaired) electrons. The van der Waals surface area contributed by atoms with Crippen LogP contribution in [0.25, 0.3) is 0 Å². The van der Waals surface area contributed by atoms with Crippen molar-refractivity contribution < 1.29 is 19.4 Å². The summed E-state index contributed by atoms with van der Waals surface area (Å²) >= 11 is 0. The summed E-state index contributed by atoms with van der Waals surface area (Å²) < 4.78 is 4.73. The number of hydrogen-bond donors (Lipinski definition) is 3. The largest absolute Gasteiger partial charge is 0.447 e. The van der Waals surface area contributed by atoms with Gasteiger partial charge in [0.25, 0.3) is 0 Å². The average molecular weight is 328 g/mol. The van der Waals surface area contributed by atoms with E-state index in [4.69, 9.17) is 9.84 Å². The standard InChI is InChI=1S/C18H20N2O4/c1-13(22)19-16-6-2-14(3-7-16)12-15-4-8-17(9-5-15)20-18(23)24-11-10-21/h2-9,21H,10-12H2,1H3,(H,19,22)(H,20,23). The van der Waals surface area contributed by atoms with E-state index in [-0.39, 0.29) is 19.1 Å². The number of rotatable bonds is 6. The Hall–Kier alpha value is -2.86. The van der Waals surface area contributed by atoms with Crippen molar-refractivity contribution in [2.24, 2.45) is 0 Å². The first-order valence-electron chi connectivity index (χ1n) is 7.57. The molecule has 0 saturated heterocycles. The van der Waals surface area contributed by atoms with E-state index in [2.05, 4.69) is 10.6 Å². The smallest absolute Gasteiger partial charge is 0.411 e. The number of hydrogen-bond acceptors (Lipinski definition) is 4. The highest BCUT2D eigenvalue weighted by Crippen LogP contribution is 2.16. The van der Waals surface area contributed by atoms with Gasteiger partial charge in [0.1, 0.15) is 6.61 Å². The van der Waals surface area contributed by atoms with Crippen LogP contribution in [0.2, 0.25) is 0 Å². The topological polar surface area (TPSA) is 87.7 Å². The van der Waals surface area contributed by atoms with E-state index in [9.17, 15) is 9.59 Å². The molecule has 6 heteroatoms. The third-order valence-electron chi connectivity index (χ3n) is 3.21. The first-order chi connectivity index (χ1) is 11.6. The second-order valence-corrected chi connectivity index (χ2v) is 5.24. The molecule has 0 aliphatic heterocycles. The number of benzene rings is 2. The minimum Gasteiger partial charge on any atom is -0.447 e. The molecule has 0 bridgehead atoms. The zero-order valence-corrected chi connectivity index (χ0v) is 13.4. The molecule has 2 amide bonds. The predicted octanol–water partition coefficient (Wildman–Crippen LogP) is 2.78. The molecule has 0 heterocycles. The zero-order chi connectivity index (χ0) is 17.4. The predicted molar refractivity (Wildman–Crippen MR) is 92.1 cm³/mol. The van der Waals surface area contributed by atoms with Gasteiger partial charge in [0, 0.05) is 18.3 Å². The highest BCUT2D eigenvalue weighted by Gasteiger charge is 2.03. The van der Waals surface area contributed by atoms with E-state index >= 15 is 0 Å². The van der Waals surface area contributed by atoms with Gasteiger partial charge in [0.05, 0.1) is 6.61 Å². The van der Waals surface area contributed by atoms with Crippen molar-refractivity contribution in [2.75, 3.05) is 23.8 Å². The summed E-state index contributed by atoms with van der Waals surface area (Å²) in [7, 11) is 0. The molecule has 126 valence electrons. The van der Waals surface area contributed by atoms with Crippen LogP contribution in [0.1, 0.15) is 18.1 Å². The van der Waals surface area contributed by atoms with E-state index in [0.717, 1.165) is 23.2 Å². The number of carbonyl (C=O) groups excluding carboxylic acids is 2. The number of aliphatic hydroxyl groups excluding tert-OH is 1. The monoisotopic (exact) mass is 328 g/mol. The fourth-order valence-corrected chi connectivity index (χ4v) is 2.14. The SMILES string of the molecule is CC(=O)Nc1ccc(Cc2ccc(NC(=O)OCCO)cc2)cc1. The quantitative estimate of drug-likeness (QED) is 0.761. The Morgan fingerprint density at radius 3 is 1.88 bits per heavy atom. The molecule has 0 aliphatic carbocycles. The number of nitrogens with one attached hydrogen (secondary N) is 2. The normalized spacial score (nSPS) is 10.1. The highest BCUT2D eigenvalue weighted by atomic mass is 16.6. The van der Waals surface area contributed by atoms with Gasteiger partial charge in [-0.15, -0.1) is 0 Å². The molecule has 0 unspecified atom stereocenters. The fraction of sp³-hybridized carbons (Fsp3) is 0.222. The number of amides is 2. The minimum atomic E-state index is -0.592. The van der Waals surface area contributed by atoms with Crippen LogP contribution >= 0.6 is 0 Å². The van der Waals surface area contributed by atoms with Gasteiger partial charge in [-0.2, -0.15) is 0 Å². The maximum atomic E-state index is 11.4. The summed E-state index contributed by atoms with van der Waals surface area (Å²) in [6.07, 6.45) is 0.153. The number of carbonyl (C=O) groups is 2. The molecule has 2 aromatic rings. The second kappa shape index (κ2) is 8.69. The third kappa shape index (κ3) is 5.73. The Labute approximate surface area is 140 Å². The average Bonchev–Trinajstić information content (AvgIpc) is 2.56. The van der Waals surface area contributed by atoms with Crippen molar-refractivity contribution in [1.82, 2.24) is 0 Å².